The second-order valence-corrected chi connectivity index (χ2v) is 24.4. The van der Waals surface area contributed by atoms with Crippen molar-refractivity contribution in [2.75, 3.05) is 27.4 Å². The standard InChI is InChI=1S/C61H78N4O23/c1-32-38(29-61(80)57(6)30-60(61,87-51(76)35-20-14-11-15-21-35)53-58(7,48(71)46(82-9)44(32)57)39(81-8)28-40-59(53,31-83-40)86-33(2)66)84-52(77)47(45(34-18-12-10-13-19-34)65-55(79)88-56(3,4)5)85-43(70)26-24-41(67)62-27-17-16-22-36(49(72)73)63-54(78)64-37(50(74)75)23-25-42(68)69/h10-15,18-21,36-40,45-47,53,80H,16-17,22-31H2,1-9H3,(H,62,67)(H,65,79)(H,68,69)(H,72,73)(H,74,75)(H2,63,64,78)/t36-,37-,38-,39-,40+,45-,46+,47+,53-,57+,58-,59-,60+,61-/m0/s1. The second-order valence-electron chi connectivity index (χ2n) is 24.4. The molecule has 5 aliphatic carbocycles. The van der Waals surface area contributed by atoms with Gasteiger partial charge in [0, 0.05) is 65.2 Å². The van der Waals surface area contributed by atoms with Gasteiger partial charge in [-0.1, -0.05) is 55.5 Å². The normalized spacial score (nSPS) is 28.8. The molecule has 14 atom stereocenters. The van der Waals surface area contributed by atoms with Crippen molar-refractivity contribution in [2.45, 2.75) is 184 Å². The number of nitrogens with one attached hydrogen (secondary N) is 4. The SMILES string of the molecule is CO[C@H]1C(=O)[C@]2(C)[C@@H](OC)C[C@H]3OC[C@@]3(OC(C)=O)[C@H]2[C@]2(OC(=O)c3ccccc3)C[C@]3(C)C1=C(C)[C@@H](OC(=O)[C@H](OC(=O)CCC(=O)NCCCC[C@H](NC(=O)N[C@@H](CCC(=O)O)C(=O)O)C(=O)O)[C@@H](NC(=O)OC(C)(C)C)c1ccccc1)C[C@]32O. The van der Waals surface area contributed by atoms with Gasteiger partial charge in [-0.15, -0.1) is 0 Å². The molecular formula is C61H78N4O23. The van der Waals surface area contributed by atoms with E-state index in [2.05, 4.69) is 16.0 Å². The van der Waals surface area contributed by atoms with Gasteiger partial charge < -0.3 is 79.6 Å². The van der Waals surface area contributed by atoms with E-state index in [1.807, 2.05) is 5.32 Å². The number of hydrogen-bond acceptors (Lipinski definition) is 20. The van der Waals surface area contributed by atoms with Crippen molar-refractivity contribution < 1.29 is 111 Å². The van der Waals surface area contributed by atoms with Gasteiger partial charge in [0.2, 0.25) is 12.0 Å². The number of methoxy groups -OCH3 is 2. The molecule has 27 nitrogen and oxygen atoms in total. The van der Waals surface area contributed by atoms with Crippen molar-refractivity contribution in [1.82, 2.24) is 21.3 Å². The number of ether oxygens (including phenoxy) is 8. The van der Waals surface area contributed by atoms with E-state index in [1.54, 1.807) is 77.9 Å². The van der Waals surface area contributed by atoms with Crippen LogP contribution in [-0.2, 0) is 76.3 Å². The molecule has 0 spiro atoms. The number of rotatable bonds is 26. The molecular weight excluding hydrogens is 1160 g/mol. The lowest BCUT2D eigenvalue weighted by atomic mass is 9.31. The Morgan fingerprint density at radius 2 is 1.42 bits per heavy atom. The van der Waals surface area contributed by atoms with Crippen LogP contribution in [0.3, 0.4) is 0 Å². The second kappa shape index (κ2) is 26.8. The van der Waals surface area contributed by atoms with Gasteiger partial charge in [0.1, 0.15) is 47.6 Å². The first-order chi connectivity index (χ1) is 41.3. The molecule has 4 bridgehead atoms. The van der Waals surface area contributed by atoms with Crippen molar-refractivity contribution in [3.05, 3.63) is 82.9 Å². The maximum Gasteiger partial charge on any atom is 0.408 e. The molecule has 5 fully saturated rings. The number of unbranched alkanes of at least 4 members (excludes halogenated alkanes) is 1. The first-order valence-corrected chi connectivity index (χ1v) is 28.9. The summed E-state index contributed by atoms with van der Waals surface area (Å²) >= 11 is 0. The number of esters is 4. The Bertz CT molecular complexity index is 3060. The van der Waals surface area contributed by atoms with Crippen LogP contribution in [0.15, 0.2) is 71.8 Å². The molecule has 2 aromatic carbocycles. The Hall–Kier alpha value is -8.01. The predicted molar refractivity (Wildman–Crippen MR) is 302 cm³/mol. The van der Waals surface area contributed by atoms with Crippen LogP contribution in [0.4, 0.5) is 9.59 Å². The molecule has 0 radical (unpaired) electrons. The van der Waals surface area contributed by atoms with Crippen LogP contribution in [0, 0.1) is 16.7 Å². The summed E-state index contributed by atoms with van der Waals surface area (Å²) in [6.45, 7) is 10.5. The summed E-state index contributed by atoms with van der Waals surface area (Å²) in [5, 5.41) is 51.5. The Labute approximate surface area is 507 Å². The van der Waals surface area contributed by atoms with Gasteiger partial charge in [-0.3, -0.25) is 24.0 Å². The first-order valence-electron chi connectivity index (χ1n) is 28.9. The zero-order valence-corrected chi connectivity index (χ0v) is 50.5. The molecule has 88 heavy (non-hydrogen) atoms. The molecule has 6 aliphatic rings. The molecule has 4 saturated carbocycles. The van der Waals surface area contributed by atoms with Gasteiger partial charge in [-0.25, -0.2) is 28.8 Å². The monoisotopic (exact) mass is 1230 g/mol. The van der Waals surface area contributed by atoms with Crippen LogP contribution in [0.25, 0.3) is 0 Å². The zero-order chi connectivity index (χ0) is 64.9. The molecule has 0 aromatic heterocycles. The highest BCUT2D eigenvalue weighted by molar-refractivity contribution is 5.96. The number of alkyl carbamates (subject to hydrolysis) is 1. The average Bonchev–Trinajstić information content (AvgIpc) is 0.633. The van der Waals surface area contributed by atoms with Crippen LogP contribution in [0.1, 0.15) is 135 Å². The van der Waals surface area contributed by atoms with E-state index in [0.717, 1.165) is 0 Å². The number of carboxylic acids is 3. The van der Waals surface area contributed by atoms with Crippen LogP contribution in [-0.4, -0.2) is 178 Å². The molecule has 4 amide bonds. The fourth-order valence-corrected chi connectivity index (χ4v) is 13.7. The van der Waals surface area contributed by atoms with Crippen molar-refractivity contribution in [1.29, 1.82) is 0 Å². The number of fused-ring (bicyclic) bond motifs is 2. The zero-order valence-electron chi connectivity index (χ0n) is 50.5. The number of Topliss-reactive ketones (excluding diaryl/α,β-unsaturated/α-hetero) is 1. The smallest absolute Gasteiger partial charge is 0.408 e. The van der Waals surface area contributed by atoms with Gasteiger partial charge in [-0.2, -0.15) is 0 Å². The number of hydrogen-bond donors (Lipinski definition) is 8. The molecule has 2 aromatic rings. The summed E-state index contributed by atoms with van der Waals surface area (Å²) in [7, 11) is 2.70. The third-order valence-corrected chi connectivity index (χ3v) is 17.6. The van der Waals surface area contributed by atoms with Gasteiger partial charge in [0.25, 0.3) is 0 Å². The van der Waals surface area contributed by atoms with Gasteiger partial charge in [-0.05, 0) is 89.1 Å². The number of ketones is 1. The maximum absolute atomic E-state index is 15.9. The minimum Gasteiger partial charge on any atom is -0.481 e. The number of aliphatic carboxylic acids is 3. The summed E-state index contributed by atoms with van der Waals surface area (Å²) in [5.74, 6) is -11.0. The van der Waals surface area contributed by atoms with Gasteiger partial charge in [0.15, 0.2) is 17.0 Å². The number of amides is 4. The topological polar surface area (TPSA) is 391 Å². The largest absolute Gasteiger partial charge is 0.481 e. The lowest BCUT2D eigenvalue weighted by Crippen LogP contribution is -2.91. The highest BCUT2D eigenvalue weighted by Crippen LogP contribution is 2.77. The Morgan fingerprint density at radius 3 is 1.98 bits per heavy atom. The van der Waals surface area contributed by atoms with Crippen molar-refractivity contribution in [3.63, 3.8) is 0 Å². The number of urea groups is 1. The van der Waals surface area contributed by atoms with Crippen LogP contribution < -0.4 is 21.3 Å². The van der Waals surface area contributed by atoms with Crippen LogP contribution in [0.2, 0.25) is 0 Å². The van der Waals surface area contributed by atoms with Crippen LogP contribution >= 0.6 is 0 Å². The number of aliphatic hydroxyl groups is 1. The van der Waals surface area contributed by atoms with Crippen molar-refractivity contribution in [2.24, 2.45) is 16.7 Å². The molecule has 1 saturated heterocycles. The molecule has 0 unspecified atom stereocenters. The molecule has 1 heterocycles. The summed E-state index contributed by atoms with van der Waals surface area (Å²) in [5.41, 5.74) is -9.82. The predicted octanol–water partition coefficient (Wildman–Crippen LogP) is 4.01. The molecule has 8 rings (SSSR count). The maximum atomic E-state index is 15.9. The van der Waals surface area contributed by atoms with Crippen molar-refractivity contribution >= 4 is 65.6 Å². The fraction of sp³-hybridized carbons (Fsp3) is 0.590. The Balaban J connectivity index is 1.18. The number of carboxylic acid groups (broad SMARTS) is 3. The Morgan fingerprint density at radius 1 is 0.795 bits per heavy atom. The number of benzene rings is 2. The van der Waals surface area contributed by atoms with E-state index >= 15 is 9.59 Å². The summed E-state index contributed by atoms with van der Waals surface area (Å²) < 4.78 is 49.4. The minimum atomic E-state index is -2.33. The van der Waals surface area contributed by atoms with Crippen LogP contribution in [0.5, 0.6) is 0 Å². The average molecular weight is 1240 g/mol. The molecule has 480 valence electrons. The minimum absolute atomic E-state index is 0.0382. The summed E-state index contributed by atoms with van der Waals surface area (Å²) in [6, 6.07) is 9.97. The number of carbonyl (C=O) groups excluding carboxylic acids is 8. The quantitative estimate of drug-likeness (QED) is 0.0285. The summed E-state index contributed by atoms with van der Waals surface area (Å²) in [4.78, 5) is 147. The first kappa shape index (κ1) is 67.5. The van der Waals surface area contributed by atoms with E-state index in [-0.39, 0.29) is 67.5 Å². The van der Waals surface area contributed by atoms with Gasteiger partial charge >= 0.3 is 53.9 Å². The lowest BCUT2D eigenvalue weighted by molar-refractivity contribution is -0.404. The lowest BCUT2D eigenvalue weighted by Gasteiger charge is -2.78. The molecule has 1 aliphatic heterocycles. The fourth-order valence-electron chi connectivity index (χ4n) is 13.7. The van der Waals surface area contributed by atoms with E-state index in [0.29, 0.717) is 0 Å². The highest BCUT2D eigenvalue weighted by Gasteiger charge is 2.89. The van der Waals surface area contributed by atoms with Crippen molar-refractivity contribution in [3.8, 4) is 0 Å². The highest BCUT2D eigenvalue weighted by atomic mass is 16.6. The third-order valence-electron chi connectivity index (χ3n) is 17.6. The van der Waals surface area contributed by atoms with E-state index in [1.165, 1.54) is 45.4 Å². The number of carbonyl (C=O) groups is 11. The van der Waals surface area contributed by atoms with E-state index in [4.69, 9.17) is 43.0 Å². The van der Waals surface area contributed by atoms with Gasteiger partial charge in [0.05, 0.1) is 36.0 Å². The molecule has 27 heteroatoms. The summed E-state index contributed by atoms with van der Waals surface area (Å²) in [6.07, 6.45) is -10.8. The van der Waals surface area contributed by atoms with E-state index in [9.17, 15) is 58.5 Å². The molecule has 8 N–H and O–H groups in total. The third kappa shape index (κ3) is 13.4. The van der Waals surface area contributed by atoms with E-state index < -0.39 is 186 Å². The Kier molecular flexibility index (Phi) is 20.5.